The van der Waals surface area contributed by atoms with Crippen molar-refractivity contribution in [2.24, 2.45) is 0 Å². The Morgan fingerprint density at radius 2 is 2.00 bits per heavy atom. The zero-order valence-corrected chi connectivity index (χ0v) is 15.7. The van der Waals surface area contributed by atoms with Crippen LogP contribution in [-0.2, 0) is 4.79 Å². The van der Waals surface area contributed by atoms with E-state index in [1.807, 2.05) is 0 Å². The Balaban J connectivity index is 1.62. The highest BCUT2D eigenvalue weighted by Gasteiger charge is 2.20. The fourth-order valence-corrected chi connectivity index (χ4v) is 3.07. The smallest absolute Gasteiger partial charge is 0.257 e. The molecule has 1 atom stereocenters. The number of hydrogen-bond acceptors (Lipinski definition) is 6. The Morgan fingerprint density at radius 3 is 2.73 bits per heavy atom. The molecule has 2 aromatic carbocycles. The van der Waals surface area contributed by atoms with Gasteiger partial charge in [-0.2, -0.15) is 5.10 Å². The molecule has 2 aromatic heterocycles. The Kier molecular flexibility index (Phi) is 4.84. The molecule has 8 nitrogen and oxygen atoms in total. The van der Waals surface area contributed by atoms with E-state index in [2.05, 4.69) is 20.4 Å². The molecule has 1 unspecified atom stereocenters. The van der Waals surface area contributed by atoms with Crippen LogP contribution in [0.25, 0.3) is 16.7 Å². The molecular formula is C20H16F2N6O2. The van der Waals surface area contributed by atoms with Crippen molar-refractivity contribution in [3.63, 3.8) is 0 Å². The lowest BCUT2D eigenvalue weighted by Gasteiger charge is -2.13. The Labute approximate surface area is 169 Å². The molecule has 0 spiro atoms. The summed E-state index contributed by atoms with van der Waals surface area (Å²) < 4.78 is 29.4. The van der Waals surface area contributed by atoms with Crippen LogP contribution < -0.4 is 11.1 Å². The van der Waals surface area contributed by atoms with Crippen LogP contribution in [0.2, 0.25) is 0 Å². The molecule has 1 amide bonds. The number of nitrogens with zero attached hydrogens (tertiary/aromatic N) is 4. The number of nitrogens with one attached hydrogen (secondary N) is 1. The number of hydrogen-bond donors (Lipinski definition) is 3. The van der Waals surface area contributed by atoms with Gasteiger partial charge in [0.25, 0.3) is 5.91 Å². The average molecular weight is 410 g/mol. The second-order valence-corrected chi connectivity index (χ2v) is 6.56. The number of aryl methyl sites for hydroxylation is 1. The van der Waals surface area contributed by atoms with Gasteiger partial charge in [0, 0.05) is 6.07 Å². The number of fused-ring (bicyclic) bond motifs is 1. The minimum Gasteiger partial charge on any atom is -0.382 e. The first-order valence-corrected chi connectivity index (χ1v) is 8.85. The summed E-state index contributed by atoms with van der Waals surface area (Å²) in [6.07, 6.45) is -0.339. The second-order valence-electron chi connectivity index (χ2n) is 6.56. The van der Waals surface area contributed by atoms with E-state index in [4.69, 9.17) is 5.73 Å². The Bertz CT molecular complexity index is 1270. The van der Waals surface area contributed by atoms with Crippen LogP contribution in [0.15, 0.2) is 48.8 Å². The van der Waals surface area contributed by atoms with E-state index in [9.17, 15) is 18.7 Å². The number of aromatic nitrogens is 4. The van der Waals surface area contributed by atoms with Crippen molar-refractivity contribution < 1.29 is 18.7 Å². The van der Waals surface area contributed by atoms with Crippen molar-refractivity contribution in [1.82, 2.24) is 19.7 Å². The van der Waals surface area contributed by atoms with Crippen LogP contribution in [0.3, 0.4) is 0 Å². The highest BCUT2D eigenvalue weighted by molar-refractivity contribution is 5.95. The number of benzene rings is 2. The highest BCUT2D eigenvalue weighted by atomic mass is 19.1. The summed E-state index contributed by atoms with van der Waals surface area (Å²) in [6, 6.07) is 8.97. The van der Waals surface area contributed by atoms with Crippen molar-refractivity contribution >= 4 is 28.4 Å². The van der Waals surface area contributed by atoms with E-state index in [1.54, 1.807) is 6.92 Å². The molecule has 0 saturated carbocycles. The fraction of sp³-hybridized carbons (Fsp3) is 0.100. The molecule has 10 heteroatoms. The first-order chi connectivity index (χ1) is 14.3. The lowest BCUT2D eigenvalue weighted by atomic mass is 10.1. The number of carbonyl (C=O) groups is 1. The van der Waals surface area contributed by atoms with Gasteiger partial charge in [-0.1, -0.05) is 12.1 Å². The molecule has 4 aromatic rings. The molecule has 2 heterocycles. The summed E-state index contributed by atoms with van der Waals surface area (Å²) in [6.45, 7) is 1.74. The SMILES string of the molecule is Cc1nn(-c2ccc(NC(=O)C(O)c3cccc(F)c3)c(F)c2)c2c(N)ncnc12. The van der Waals surface area contributed by atoms with Gasteiger partial charge in [0.05, 0.1) is 17.1 Å². The number of carbonyl (C=O) groups excluding carboxylic acids is 1. The highest BCUT2D eigenvalue weighted by Crippen LogP contribution is 2.26. The van der Waals surface area contributed by atoms with Crippen LogP contribution in [0.1, 0.15) is 17.4 Å². The van der Waals surface area contributed by atoms with E-state index < -0.39 is 23.6 Å². The topological polar surface area (TPSA) is 119 Å². The Hall–Kier alpha value is -3.92. The molecule has 4 N–H and O–H groups in total. The monoisotopic (exact) mass is 410 g/mol. The van der Waals surface area contributed by atoms with Crippen LogP contribution in [0, 0.1) is 18.6 Å². The average Bonchev–Trinajstić information content (AvgIpc) is 3.07. The maximum Gasteiger partial charge on any atom is 0.257 e. The number of amides is 1. The van der Waals surface area contributed by atoms with E-state index in [-0.39, 0.29) is 17.1 Å². The minimum absolute atomic E-state index is 0.0542. The van der Waals surface area contributed by atoms with Crippen LogP contribution in [0.4, 0.5) is 20.3 Å². The largest absolute Gasteiger partial charge is 0.382 e. The van der Waals surface area contributed by atoms with Crippen molar-refractivity contribution in [3.8, 4) is 5.69 Å². The number of nitrogens with two attached hydrogens (primary N) is 1. The van der Waals surface area contributed by atoms with Crippen molar-refractivity contribution in [2.75, 3.05) is 11.1 Å². The zero-order valence-electron chi connectivity index (χ0n) is 15.7. The maximum absolute atomic E-state index is 14.7. The second kappa shape index (κ2) is 7.48. The maximum atomic E-state index is 14.7. The van der Waals surface area contributed by atoms with Gasteiger partial charge in [-0.3, -0.25) is 4.79 Å². The number of nitrogen functional groups attached to an aromatic ring is 1. The molecule has 0 bridgehead atoms. The summed E-state index contributed by atoms with van der Waals surface area (Å²) in [5, 5.41) is 16.7. The molecule has 0 aliphatic heterocycles. The van der Waals surface area contributed by atoms with E-state index in [1.165, 1.54) is 41.3 Å². The molecule has 30 heavy (non-hydrogen) atoms. The van der Waals surface area contributed by atoms with Gasteiger partial charge in [0.1, 0.15) is 29.0 Å². The number of rotatable bonds is 4. The molecule has 4 rings (SSSR count). The van der Waals surface area contributed by atoms with Crippen LogP contribution in [-0.4, -0.2) is 30.8 Å². The summed E-state index contributed by atoms with van der Waals surface area (Å²) in [4.78, 5) is 20.3. The first-order valence-electron chi connectivity index (χ1n) is 8.85. The van der Waals surface area contributed by atoms with Crippen molar-refractivity contribution in [3.05, 3.63) is 71.7 Å². The van der Waals surface area contributed by atoms with Gasteiger partial charge in [-0.15, -0.1) is 0 Å². The lowest BCUT2D eigenvalue weighted by Crippen LogP contribution is -2.21. The number of aliphatic hydroxyl groups excluding tert-OH is 1. The summed E-state index contributed by atoms with van der Waals surface area (Å²) in [5.74, 6) is -2.06. The lowest BCUT2D eigenvalue weighted by molar-refractivity contribution is -0.124. The molecule has 152 valence electrons. The summed E-state index contributed by atoms with van der Waals surface area (Å²) in [7, 11) is 0. The third-order valence-electron chi connectivity index (χ3n) is 4.52. The molecule has 0 saturated heterocycles. The normalized spacial score (nSPS) is 12.1. The standard InChI is InChI=1S/C20H16F2N6O2/c1-10-16-17(19(23)25-9-24-16)28(27-10)13-5-6-15(14(22)8-13)26-20(30)18(29)11-3-2-4-12(21)7-11/h2-9,18,29H,1H3,(H,26,30)(H2,23,24,25). The minimum atomic E-state index is -1.66. The van der Waals surface area contributed by atoms with E-state index in [0.29, 0.717) is 22.4 Å². The molecular weight excluding hydrogens is 394 g/mol. The van der Waals surface area contributed by atoms with Crippen molar-refractivity contribution in [2.45, 2.75) is 13.0 Å². The zero-order chi connectivity index (χ0) is 21.4. The van der Waals surface area contributed by atoms with Gasteiger partial charge in [-0.05, 0) is 36.8 Å². The van der Waals surface area contributed by atoms with Gasteiger partial charge >= 0.3 is 0 Å². The Morgan fingerprint density at radius 1 is 1.20 bits per heavy atom. The number of halogens is 2. The fourth-order valence-electron chi connectivity index (χ4n) is 3.07. The van der Waals surface area contributed by atoms with Crippen molar-refractivity contribution in [1.29, 1.82) is 0 Å². The van der Waals surface area contributed by atoms with Gasteiger partial charge in [0.15, 0.2) is 11.9 Å². The predicted octanol–water partition coefficient (Wildman–Crippen LogP) is 2.66. The molecule has 0 aliphatic carbocycles. The van der Waals surface area contributed by atoms with E-state index >= 15 is 0 Å². The van der Waals surface area contributed by atoms with E-state index in [0.717, 1.165) is 12.1 Å². The summed E-state index contributed by atoms with van der Waals surface area (Å²) in [5.41, 5.74) is 7.74. The first kappa shape index (κ1) is 19.4. The molecule has 0 radical (unpaired) electrons. The van der Waals surface area contributed by atoms with Crippen LogP contribution in [0.5, 0.6) is 0 Å². The summed E-state index contributed by atoms with van der Waals surface area (Å²) >= 11 is 0. The van der Waals surface area contributed by atoms with Gasteiger partial charge in [0.2, 0.25) is 0 Å². The third kappa shape index (κ3) is 3.44. The number of anilines is 2. The molecule has 0 aliphatic rings. The van der Waals surface area contributed by atoms with Gasteiger partial charge < -0.3 is 16.2 Å². The quantitative estimate of drug-likeness (QED) is 0.476. The van der Waals surface area contributed by atoms with Crippen LogP contribution >= 0.6 is 0 Å². The van der Waals surface area contributed by atoms with Gasteiger partial charge in [-0.25, -0.2) is 23.4 Å². The molecule has 0 fully saturated rings. The predicted molar refractivity (Wildman–Crippen MR) is 106 cm³/mol. The number of aliphatic hydroxyl groups is 1. The third-order valence-corrected chi connectivity index (χ3v) is 4.52.